The molecule has 2 aromatic heterocycles. The van der Waals surface area contributed by atoms with Crippen LogP contribution in [0.25, 0.3) is 10.7 Å². The molecule has 2 heterocycles. The third-order valence-electron chi connectivity index (χ3n) is 4.67. The Labute approximate surface area is 196 Å². The summed E-state index contributed by atoms with van der Waals surface area (Å²) in [4.78, 5) is 18.1. The molecule has 2 N–H and O–H groups in total. The number of rotatable bonds is 10. The Morgan fingerprint density at radius 3 is 2.88 bits per heavy atom. The van der Waals surface area contributed by atoms with Crippen molar-refractivity contribution in [3.05, 3.63) is 46.9 Å². The van der Waals surface area contributed by atoms with Crippen molar-refractivity contribution < 1.29 is 14.3 Å². The number of allylic oxidation sites excluding steroid dienone is 1. The fourth-order valence-electron chi connectivity index (χ4n) is 2.95. The smallest absolute Gasteiger partial charge is 0.257 e. The van der Waals surface area contributed by atoms with Crippen LogP contribution in [0.4, 0.5) is 5.13 Å². The van der Waals surface area contributed by atoms with Gasteiger partial charge in [-0.2, -0.15) is 5.10 Å². The van der Waals surface area contributed by atoms with E-state index in [0.717, 1.165) is 17.0 Å². The Morgan fingerprint density at radius 1 is 1.41 bits per heavy atom. The fraction of sp³-hybridized carbons (Fsp3) is 0.364. The maximum atomic E-state index is 12.8. The lowest BCUT2D eigenvalue weighted by atomic mass is 10.1. The summed E-state index contributed by atoms with van der Waals surface area (Å²) in [6.07, 6.45) is 2.68. The number of anilines is 1. The molecule has 0 aliphatic heterocycles. The summed E-state index contributed by atoms with van der Waals surface area (Å²) in [6, 6.07) is 5.12. The number of nitrogens with one attached hydrogen (secondary N) is 2. The maximum Gasteiger partial charge on any atom is 0.257 e. The van der Waals surface area contributed by atoms with E-state index in [2.05, 4.69) is 40.9 Å². The van der Waals surface area contributed by atoms with Crippen molar-refractivity contribution in [2.45, 2.75) is 33.7 Å². The molecule has 0 saturated heterocycles. The van der Waals surface area contributed by atoms with Gasteiger partial charge < -0.3 is 9.47 Å². The molecule has 1 amide bonds. The topological polar surface area (TPSA) is 94.1 Å². The number of methoxy groups -OCH3 is 1. The van der Waals surface area contributed by atoms with Crippen molar-refractivity contribution in [2.75, 3.05) is 19.0 Å². The number of hydrogen-bond donors (Lipinski definition) is 2. The fourth-order valence-corrected chi connectivity index (χ4v) is 4.12. The number of ether oxygens (including phenoxy) is 2. The van der Waals surface area contributed by atoms with Crippen molar-refractivity contribution in [3.8, 4) is 22.2 Å². The van der Waals surface area contributed by atoms with Gasteiger partial charge in [0.1, 0.15) is 0 Å². The quantitative estimate of drug-likeness (QED) is 0.309. The number of carbonyl (C=O) groups is 1. The molecule has 0 saturated carbocycles. The molecular weight excluding hydrogens is 446 g/mol. The monoisotopic (exact) mass is 473 g/mol. The lowest BCUT2D eigenvalue weighted by Crippen LogP contribution is -2.12. The molecule has 0 fully saturated rings. The van der Waals surface area contributed by atoms with Gasteiger partial charge in [-0.05, 0) is 49.7 Å². The molecule has 170 valence electrons. The first kappa shape index (κ1) is 23.7. The second kappa shape index (κ2) is 10.6. The second-order valence-electron chi connectivity index (χ2n) is 7.54. The van der Waals surface area contributed by atoms with Gasteiger partial charge in [0.25, 0.3) is 5.91 Å². The standard InChI is InChI=1S/C22H27N5O3S2/c1-6-10-27-19(25-26-22(27)31)18-14(4)23-21(32-18)24-20(28)15-7-8-16(17(12-15)29-5)30-11-9-13(2)3/h6-8,12-13H,1,9-11H2,2-5H3,(H,26,31)(H,23,24,28). The predicted molar refractivity (Wildman–Crippen MR) is 129 cm³/mol. The first-order valence-electron chi connectivity index (χ1n) is 10.2. The van der Waals surface area contributed by atoms with E-state index in [0.29, 0.717) is 51.9 Å². The molecule has 1 aromatic carbocycles. The molecule has 0 radical (unpaired) electrons. The molecule has 0 bridgehead atoms. The number of H-pyrrole nitrogens is 1. The number of aryl methyl sites for hydroxylation is 1. The van der Waals surface area contributed by atoms with Gasteiger partial charge in [0.15, 0.2) is 27.2 Å². The molecule has 0 aliphatic carbocycles. The number of hydrogen-bond acceptors (Lipinski definition) is 7. The van der Waals surface area contributed by atoms with Crippen LogP contribution in [-0.2, 0) is 6.54 Å². The van der Waals surface area contributed by atoms with Crippen molar-refractivity contribution >= 4 is 34.6 Å². The van der Waals surface area contributed by atoms with E-state index in [1.54, 1.807) is 31.4 Å². The van der Waals surface area contributed by atoms with E-state index in [9.17, 15) is 4.79 Å². The highest BCUT2D eigenvalue weighted by atomic mass is 32.1. The van der Waals surface area contributed by atoms with Crippen LogP contribution in [0.3, 0.4) is 0 Å². The van der Waals surface area contributed by atoms with Crippen LogP contribution in [0, 0.1) is 17.6 Å². The van der Waals surface area contributed by atoms with Crippen molar-refractivity contribution in [3.63, 3.8) is 0 Å². The SMILES string of the molecule is C=CCn1c(-c2sc(NC(=O)c3ccc(OCCC(C)C)c(OC)c3)nc2C)n[nH]c1=S. The number of benzene rings is 1. The lowest BCUT2D eigenvalue weighted by Gasteiger charge is -2.13. The highest BCUT2D eigenvalue weighted by molar-refractivity contribution is 7.71. The van der Waals surface area contributed by atoms with Gasteiger partial charge in [0.05, 0.1) is 24.3 Å². The van der Waals surface area contributed by atoms with Gasteiger partial charge in [-0.15, -0.1) is 6.58 Å². The number of carbonyl (C=O) groups excluding carboxylic acids is 1. The van der Waals surface area contributed by atoms with Crippen LogP contribution in [0.2, 0.25) is 0 Å². The molecule has 3 aromatic rings. The minimum absolute atomic E-state index is 0.290. The number of amides is 1. The molecule has 0 atom stereocenters. The summed E-state index contributed by atoms with van der Waals surface area (Å²) >= 11 is 6.62. The molecule has 3 rings (SSSR count). The van der Waals surface area contributed by atoms with Crippen LogP contribution in [-0.4, -0.2) is 39.4 Å². The Bertz CT molecular complexity index is 1160. The average Bonchev–Trinajstić information content (AvgIpc) is 3.30. The minimum Gasteiger partial charge on any atom is -0.493 e. The molecule has 32 heavy (non-hydrogen) atoms. The molecule has 8 nitrogen and oxygen atoms in total. The third-order valence-corrected chi connectivity index (χ3v) is 6.05. The van der Waals surface area contributed by atoms with Gasteiger partial charge in [-0.3, -0.25) is 19.8 Å². The summed E-state index contributed by atoms with van der Waals surface area (Å²) in [5.41, 5.74) is 1.19. The number of thiazole rings is 1. The maximum absolute atomic E-state index is 12.8. The Hall–Kier alpha value is -2.98. The van der Waals surface area contributed by atoms with Crippen LogP contribution >= 0.6 is 23.6 Å². The molecule has 10 heteroatoms. The first-order chi connectivity index (χ1) is 15.3. The van der Waals surface area contributed by atoms with E-state index in [1.807, 2.05) is 11.5 Å². The van der Waals surface area contributed by atoms with Crippen LogP contribution < -0.4 is 14.8 Å². The van der Waals surface area contributed by atoms with Crippen LogP contribution in [0.15, 0.2) is 30.9 Å². The zero-order chi connectivity index (χ0) is 23.3. The summed E-state index contributed by atoms with van der Waals surface area (Å²) < 4.78 is 13.5. The predicted octanol–water partition coefficient (Wildman–Crippen LogP) is 5.24. The summed E-state index contributed by atoms with van der Waals surface area (Å²) in [5.74, 6) is 2.04. The van der Waals surface area contributed by atoms with E-state index in [1.165, 1.54) is 11.3 Å². The summed E-state index contributed by atoms with van der Waals surface area (Å²) in [6.45, 7) is 11.0. The van der Waals surface area contributed by atoms with E-state index in [-0.39, 0.29) is 5.91 Å². The highest BCUT2D eigenvalue weighted by Gasteiger charge is 2.18. The van der Waals surface area contributed by atoms with Gasteiger partial charge in [0, 0.05) is 12.1 Å². The Kier molecular flexibility index (Phi) is 7.81. The van der Waals surface area contributed by atoms with Gasteiger partial charge in [-0.25, -0.2) is 4.98 Å². The third kappa shape index (κ3) is 5.43. The zero-order valence-corrected chi connectivity index (χ0v) is 20.2. The summed E-state index contributed by atoms with van der Waals surface area (Å²) in [5, 5.41) is 10.4. The van der Waals surface area contributed by atoms with E-state index in [4.69, 9.17) is 21.7 Å². The van der Waals surface area contributed by atoms with Crippen molar-refractivity contribution in [2.24, 2.45) is 5.92 Å². The average molecular weight is 474 g/mol. The van der Waals surface area contributed by atoms with Crippen molar-refractivity contribution in [1.29, 1.82) is 0 Å². The van der Waals surface area contributed by atoms with E-state index >= 15 is 0 Å². The molecule has 0 aliphatic rings. The number of aromatic amines is 1. The highest BCUT2D eigenvalue weighted by Crippen LogP contribution is 2.33. The van der Waals surface area contributed by atoms with Crippen LogP contribution in [0.1, 0.15) is 36.3 Å². The largest absolute Gasteiger partial charge is 0.493 e. The van der Waals surface area contributed by atoms with Gasteiger partial charge in [-0.1, -0.05) is 31.3 Å². The van der Waals surface area contributed by atoms with Gasteiger partial charge >= 0.3 is 0 Å². The Balaban J connectivity index is 1.77. The van der Waals surface area contributed by atoms with Crippen molar-refractivity contribution in [1.82, 2.24) is 19.7 Å². The molecule has 0 spiro atoms. The van der Waals surface area contributed by atoms with Gasteiger partial charge in [0.2, 0.25) is 0 Å². The Morgan fingerprint density at radius 2 is 2.19 bits per heavy atom. The zero-order valence-electron chi connectivity index (χ0n) is 18.6. The number of aromatic nitrogens is 4. The van der Waals surface area contributed by atoms with Crippen LogP contribution in [0.5, 0.6) is 11.5 Å². The lowest BCUT2D eigenvalue weighted by molar-refractivity contribution is 0.102. The summed E-state index contributed by atoms with van der Waals surface area (Å²) in [7, 11) is 1.55. The minimum atomic E-state index is -0.290. The molecule has 0 unspecified atom stereocenters. The first-order valence-corrected chi connectivity index (χ1v) is 11.4. The number of nitrogens with zero attached hydrogens (tertiary/aromatic N) is 3. The normalized spacial score (nSPS) is 10.9. The molecular formula is C22H27N5O3S2. The second-order valence-corrected chi connectivity index (χ2v) is 8.92. The van der Waals surface area contributed by atoms with E-state index < -0.39 is 0 Å².